The highest BCUT2D eigenvalue weighted by atomic mass is 35.5. The van der Waals surface area contributed by atoms with E-state index in [0.29, 0.717) is 15.0 Å². The van der Waals surface area contributed by atoms with Crippen LogP contribution in [0.1, 0.15) is 25.3 Å². The molecule has 1 aliphatic heterocycles. The van der Waals surface area contributed by atoms with Gasteiger partial charge in [0.15, 0.2) is 0 Å². The second kappa shape index (κ2) is 8.22. The van der Waals surface area contributed by atoms with Crippen molar-refractivity contribution in [2.24, 2.45) is 0 Å². The molecule has 4 rings (SSSR count). The SMILES string of the molecule is CCCCn1c(-c2ccc(/C=C3/SC(=O)NC3=O)cc2)nc2cc(Cl)c(Cl)cc21. The van der Waals surface area contributed by atoms with Crippen molar-refractivity contribution in [1.29, 1.82) is 0 Å². The van der Waals surface area contributed by atoms with Gasteiger partial charge in [-0.2, -0.15) is 0 Å². The van der Waals surface area contributed by atoms with Crippen LogP contribution < -0.4 is 5.32 Å². The van der Waals surface area contributed by atoms with Gasteiger partial charge in [0.05, 0.1) is 26.0 Å². The molecule has 0 saturated carbocycles. The summed E-state index contributed by atoms with van der Waals surface area (Å²) in [4.78, 5) is 28.2. The molecule has 5 nitrogen and oxygen atoms in total. The number of benzene rings is 2. The Kier molecular flexibility index (Phi) is 5.67. The number of fused-ring (bicyclic) bond motifs is 1. The molecular weight excluding hydrogens is 429 g/mol. The summed E-state index contributed by atoms with van der Waals surface area (Å²) in [6, 6.07) is 11.4. The smallest absolute Gasteiger partial charge is 0.290 e. The van der Waals surface area contributed by atoms with Gasteiger partial charge in [-0.25, -0.2) is 4.98 Å². The van der Waals surface area contributed by atoms with Crippen LogP contribution in [0.2, 0.25) is 10.0 Å². The molecule has 0 atom stereocenters. The predicted molar refractivity (Wildman–Crippen MR) is 119 cm³/mol. The molecule has 1 aliphatic rings. The van der Waals surface area contributed by atoms with Crippen molar-refractivity contribution in [2.45, 2.75) is 26.3 Å². The monoisotopic (exact) mass is 445 g/mol. The molecule has 0 unspecified atom stereocenters. The molecule has 1 saturated heterocycles. The van der Waals surface area contributed by atoms with Crippen LogP contribution in [0.3, 0.4) is 0 Å². The van der Waals surface area contributed by atoms with Crippen molar-refractivity contribution in [1.82, 2.24) is 14.9 Å². The first-order valence-corrected chi connectivity index (χ1v) is 10.7. The van der Waals surface area contributed by atoms with Crippen LogP contribution in [0.4, 0.5) is 4.79 Å². The fourth-order valence-corrected chi connectivity index (χ4v) is 4.18. The summed E-state index contributed by atoms with van der Waals surface area (Å²) >= 11 is 13.3. The number of hydrogen-bond donors (Lipinski definition) is 1. The van der Waals surface area contributed by atoms with E-state index >= 15 is 0 Å². The summed E-state index contributed by atoms with van der Waals surface area (Å²) in [6.07, 6.45) is 3.78. The molecule has 0 radical (unpaired) electrons. The summed E-state index contributed by atoms with van der Waals surface area (Å²) in [7, 11) is 0. The first-order chi connectivity index (χ1) is 14.0. The highest BCUT2D eigenvalue weighted by Gasteiger charge is 2.24. The van der Waals surface area contributed by atoms with Crippen LogP contribution >= 0.6 is 35.0 Å². The van der Waals surface area contributed by atoms with E-state index in [2.05, 4.69) is 16.8 Å². The highest BCUT2D eigenvalue weighted by Crippen LogP contribution is 2.32. The predicted octanol–water partition coefficient (Wildman–Crippen LogP) is 6.13. The van der Waals surface area contributed by atoms with Crippen LogP contribution in [0.5, 0.6) is 0 Å². The zero-order chi connectivity index (χ0) is 20.5. The lowest BCUT2D eigenvalue weighted by Crippen LogP contribution is -2.17. The number of nitrogens with one attached hydrogen (secondary N) is 1. The summed E-state index contributed by atoms with van der Waals surface area (Å²) in [6.45, 7) is 2.97. The number of carbonyl (C=O) groups excluding carboxylic acids is 2. The van der Waals surface area contributed by atoms with Gasteiger partial charge in [0, 0.05) is 12.1 Å². The quantitative estimate of drug-likeness (QED) is 0.479. The molecule has 2 heterocycles. The Labute approximate surface area is 182 Å². The number of imide groups is 1. The maximum atomic E-state index is 11.7. The minimum absolute atomic E-state index is 0.347. The number of hydrogen-bond acceptors (Lipinski definition) is 4. The Morgan fingerprint density at radius 3 is 2.52 bits per heavy atom. The lowest BCUT2D eigenvalue weighted by atomic mass is 10.1. The number of halogens is 2. The van der Waals surface area contributed by atoms with E-state index in [4.69, 9.17) is 28.2 Å². The molecule has 1 fully saturated rings. The normalized spacial score (nSPS) is 15.5. The van der Waals surface area contributed by atoms with Crippen LogP contribution in [0.25, 0.3) is 28.5 Å². The minimum atomic E-state index is -0.362. The fourth-order valence-electron chi connectivity index (χ4n) is 3.18. The zero-order valence-electron chi connectivity index (χ0n) is 15.5. The largest absolute Gasteiger partial charge is 0.324 e. The van der Waals surface area contributed by atoms with E-state index in [0.717, 1.165) is 59.1 Å². The van der Waals surface area contributed by atoms with Gasteiger partial charge in [0.1, 0.15) is 5.82 Å². The molecule has 2 amide bonds. The first-order valence-electron chi connectivity index (χ1n) is 9.17. The molecule has 1 aromatic heterocycles. The molecule has 148 valence electrons. The fraction of sp³-hybridized carbons (Fsp3) is 0.190. The van der Waals surface area contributed by atoms with Crippen molar-refractivity contribution in [3.8, 4) is 11.4 Å². The molecule has 29 heavy (non-hydrogen) atoms. The Morgan fingerprint density at radius 1 is 1.14 bits per heavy atom. The molecular formula is C21H17Cl2N3O2S. The minimum Gasteiger partial charge on any atom is -0.324 e. The number of thioether (sulfide) groups is 1. The Hall–Kier alpha value is -2.28. The third-order valence-electron chi connectivity index (χ3n) is 4.63. The number of rotatable bonds is 5. The Balaban J connectivity index is 1.73. The average Bonchev–Trinajstić information content (AvgIpc) is 3.20. The summed E-state index contributed by atoms with van der Waals surface area (Å²) in [5, 5.41) is 2.90. The van der Waals surface area contributed by atoms with Gasteiger partial charge in [-0.3, -0.25) is 14.9 Å². The lowest BCUT2D eigenvalue weighted by molar-refractivity contribution is -0.115. The van der Waals surface area contributed by atoms with Crippen molar-refractivity contribution in [3.05, 3.63) is 56.9 Å². The van der Waals surface area contributed by atoms with Crippen molar-refractivity contribution >= 4 is 63.2 Å². The van der Waals surface area contributed by atoms with Crippen molar-refractivity contribution < 1.29 is 9.59 Å². The molecule has 0 spiro atoms. The highest BCUT2D eigenvalue weighted by molar-refractivity contribution is 8.18. The van der Waals surface area contributed by atoms with Gasteiger partial charge in [-0.1, -0.05) is 60.8 Å². The summed E-state index contributed by atoms with van der Waals surface area (Å²) < 4.78 is 2.16. The third-order valence-corrected chi connectivity index (χ3v) is 6.17. The van der Waals surface area contributed by atoms with E-state index < -0.39 is 0 Å². The van der Waals surface area contributed by atoms with Crippen LogP contribution in [-0.2, 0) is 11.3 Å². The van der Waals surface area contributed by atoms with E-state index in [1.54, 1.807) is 12.1 Å². The maximum absolute atomic E-state index is 11.7. The van der Waals surface area contributed by atoms with Gasteiger partial charge in [-0.05, 0) is 42.0 Å². The number of amides is 2. The Bertz CT molecular complexity index is 1150. The molecule has 8 heteroatoms. The lowest BCUT2D eigenvalue weighted by Gasteiger charge is -2.09. The van der Waals surface area contributed by atoms with E-state index in [1.165, 1.54) is 0 Å². The van der Waals surface area contributed by atoms with Crippen LogP contribution in [0, 0.1) is 0 Å². The van der Waals surface area contributed by atoms with Gasteiger partial charge >= 0.3 is 0 Å². The number of carbonyl (C=O) groups is 2. The van der Waals surface area contributed by atoms with Gasteiger partial charge in [-0.15, -0.1) is 0 Å². The number of aryl methyl sites for hydroxylation is 1. The van der Waals surface area contributed by atoms with E-state index in [1.807, 2.05) is 30.3 Å². The van der Waals surface area contributed by atoms with E-state index in [-0.39, 0.29) is 11.1 Å². The van der Waals surface area contributed by atoms with E-state index in [9.17, 15) is 9.59 Å². The number of nitrogens with zero attached hydrogens (tertiary/aromatic N) is 2. The maximum Gasteiger partial charge on any atom is 0.290 e. The molecule has 2 aromatic carbocycles. The molecule has 1 N–H and O–H groups in total. The standard InChI is InChI=1S/C21H17Cl2N3O2S/c1-2-3-8-26-17-11-15(23)14(22)10-16(17)24-19(26)13-6-4-12(5-7-13)9-18-20(27)25-21(28)29-18/h4-7,9-11H,2-3,8H2,1H3,(H,25,27,28)/b18-9+. The third kappa shape index (κ3) is 4.06. The molecule has 3 aromatic rings. The van der Waals surface area contributed by atoms with Gasteiger partial charge in [0.25, 0.3) is 11.1 Å². The Morgan fingerprint density at radius 2 is 1.86 bits per heavy atom. The van der Waals surface area contributed by atoms with Crippen molar-refractivity contribution in [3.63, 3.8) is 0 Å². The number of imidazole rings is 1. The topological polar surface area (TPSA) is 64.0 Å². The molecule has 0 bridgehead atoms. The average molecular weight is 446 g/mol. The second-order valence-electron chi connectivity index (χ2n) is 6.67. The second-order valence-corrected chi connectivity index (χ2v) is 8.50. The van der Waals surface area contributed by atoms with Crippen LogP contribution in [0.15, 0.2) is 41.3 Å². The first kappa shape index (κ1) is 20.0. The number of unbranched alkanes of at least 4 members (excludes halogenated alkanes) is 1. The van der Waals surface area contributed by atoms with Gasteiger partial charge in [0.2, 0.25) is 0 Å². The molecule has 0 aliphatic carbocycles. The zero-order valence-corrected chi connectivity index (χ0v) is 17.9. The summed E-state index contributed by atoms with van der Waals surface area (Å²) in [5.41, 5.74) is 3.54. The number of aromatic nitrogens is 2. The summed E-state index contributed by atoms with van der Waals surface area (Å²) in [5.74, 6) is 0.480. The van der Waals surface area contributed by atoms with Crippen LogP contribution in [-0.4, -0.2) is 20.7 Å². The van der Waals surface area contributed by atoms with Crippen molar-refractivity contribution in [2.75, 3.05) is 0 Å². The van der Waals surface area contributed by atoms with Gasteiger partial charge < -0.3 is 4.57 Å².